The van der Waals surface area contributed by atoms with Gasteiger partial charge in [-0.25, -0.2) is 0 Å². The molecule has 2 heteroatoms. The number of hydrogen-bond acceptors (Lipinski definition) is 1. The molecular formula is C13H26IN. The third-order valence-corrected chi connectivity index (χ3v) is 5.30. The lowest BCUT2D eigenvalue weighted by molar-refractivity contribution is 0.251. The molecule has 15 heavy (non-hydrogen) atoms. The van der Waals surface area contributed by atoms with Gasteiger partial charge in [-0.2, -0.15) is 0 Å². The number of nitrogens with one attached hydrogen (secondary N) is 1. The Bertz CT molecular complexity index is 155. The van der Waals surface area contributed by atoms with E-state index < -0.39 is 0 Å². The molecule has 0 saturated heterocycles. The molecule has 1 N–H and O–H groups in total. The molecule has 1 nitrogen and oxygen atoms in total. The highest BCUT2D eigenvalue weighted by Gasteiger charge is 2.24. The van der Waals surface area contributed by atoms with Gasteiger partial charge in [0, 0.05) is 0 Å². The van der Waals surface area contributed by atoms with Crippen molar-refractivity contribution in [1.82, 2.24) is 5.32 Å². The first kappa shape index (κ1) is 13.8. The molecule has 0 heterocycles. The summed E-state index contributed by atoms with van der Waals surface area (Å²) in [5.74, 6) is 1.83. The van der Waals surface area contributed by atoms with Crippen molar-refractivity contribution in [1.29, 1.82) is 0 Å². The second-order valence-electron chi connectivity index (χ2n) is 4.97. The van der Waals surface area contributed by atoms with Gasteiger partial charge in [0.1, 0.15) is 0 Å². The Labute approximate surface area is 109 Å². The van der Waals surface area contributed by atoms with Crippen molar-refractivity contribution < 1.29 is 0 Å². The van der Waals surface area contributed by atoms with Crippen molar-refractivity contribution in [3.8, 4) is 0 Å². The molecule has 0 bridgehead atoms. The van der Waals surface area contributed by atoms with Crippen LogP contribution in [0.2, 0.25) is 0 Å². The third kappa shape index (κ3) is 5.03. The normalized spacial score (nSPS) is 22.6. The van der Waals surface area contributed by atoms with Crippen LogP contribution in [0.1, 0.15) is 58.8 Å². The quantitative estimate of drug-likeness (QED) is 0.332. The fraction of sp³-hybridized carbons (Fsp3) is 1.00. The van der Waals surface area contributed by atoms with Crippen LogP contribution in [-0.2, 0) is 0 Å². The maximum Gasteiger partial charge on any atom is 0.0622 e. The number of alkyl halides is 1. The molecule has 0 aromatic heterocycles. The van der Waals surface area contributed by atoms with E-state index in [1.807, 2.05) is 0 Å². The lowest BCUT2D eigenvalue weighted by Crippen LogP contribution is -2.34. The van der Waals surface area contributed by atoms with E-state index in [4.69, 9.17) is 0 Å². The van der Waals surface area contributed by atoms with Crippen LogP contribution in [0.4, 0.5) is 0 Å². The molecule has 1 fully saturated rings. The van der Waals surface area contributed by atoms with E-state index in [1.54, 1.807) is 0 Å². The van der Waals surface area contributed by atoms with E-state index in [0.717, 1.165) is 11.8 Å². The zero-order valence-electron chi connectivity index (χ0n) is 10.3. The monoisotopic (exact) mass is 323 g/mol. The molecule has 0 aliphatic heterocycles. The Morgan fingerprint density at radius 3 is 2.53 bits per heavy atom. The maximum atomic E-state index is 3.67. The number of hydrogen-bond donors (Lipinski definition) is 1. The number of halogens is 1. The van der Waals surface area contributed by atoms with Gasteiger partial charge in [-0.15, -0.1) is 0 Å². The fourth-order valence-electron chi connectivity index (χ4n) is 2.50. The number of unbranched alkanes of at least 4 members (excludes halogenated alkanes) is 1. The SMILES string of the molecule is CCCCNC(I)C(C)C1CCCCC1. The second kappa shape index (κ2) is 7.88. The van der Waals surface area contributed by atoms with Gasteiger partial charge in [-0.1, -0.05) is 75.0 Å². The van der Waals surface area contributed by atoms with E-state index >= 15 is 0 Å². The van der Waals surface area contributed by atoms with Gasteiger partial charge >= 0.3 is 0 Å². The summed E-state index contributed by atoms with van der Waals surface area (Å²) in [5.41, 5.74) is 0. The van der Waals surface area contributed by atoms with Crippen molar-refractivity contribution in [2.24, 2.45) is 11.8 Å². The summed E-state index contributed by atoms with van der Waals surface area (Å²) >= 11 is 2.60. The Morgan fingerprint density at radius 2 is 1.93 bits per heavy atom. The number of rotatable bonds is 6. The minimum absolute atomic E-state index is 0.678. The summed E-state index contributed by atoms with van der Waals surface area (Å²) in [6.07, 6.45) is 9.95. The predicted molar refractivity (Wildman–Crippen MR) is 76.5 cm³/mol. The van der Waals surface area contributed by atoms with Crippen LogP contribution in [0.3, 0.4) is 0 Å². The molecule has 0 spiro atoms. The zero-order valence-corrected chi connectivity index (χ0v) is 12.4. The first-order valence-corrected chi connectivity index (χ1v) is 7.87. The minimum atomic E-state index is 0.678. The molecule has 2 atom stereocenters. The van der Waals surface area contributed by atoms with Crippen LogP contribution in [0, 0.1) is 11.8 Å². The average molecular weight is 323 g/mol. The highest BCUT2D eigenvalue weighted by Crippen LogP contribution is 2.33. The molecule has 90 valence electrons. The van der Waals surface area contributed by atoms with Crippen LogP contribution in [0.5, 0.6) is 0 Å². The predicted octanol–water partition coefficient (Wildman–Crippen LogP) is 4.35. The molecule has 0 aromatic rings. The first-order chi connectivity index (χ1) is 7.25. The van der Waals surface area contributed by atoms with Crippen molar-refractivity contribution in [2.75, 3.05) is 6.54 Å². The zero-order chi connectivity index (χ0) is 11.1. The summed E-state index contributed by atoms with van der Waals surface area (Å²) < 4.78 is 0.678. The van der Waals surface area contributed by atoms with Crippen molar-refractivity contribution in [2.45, 2.75) is 62.8 Å². The van der Waals surface area contributed by atoms with Gasteiger partial charge in [0.2, 0.25) is 0 Å². The molecule has 1 saturated carbocycles. The van der Waals surface area contributed by atoms with E-state index in [-0.39, 0.29) is 0 Å². The van der Waals surface area contributed by atoms with Gasteiger partial charge < -0.3 is 5.32 Å². The maximum absolute atomic E-state index is 3.67. The van der Waals surface area contributed by atoms with Crippen molar-refractivity contribution in [3.05, 3.63) is 0 Å². The summed E-state index contributed by atoms with van der Waals surface area (Å²) in [4.78, 5) is 0. The van der Waals surface area contributed by atoms with Gasteiger partial charge in [0.05, 0.1) is 4.05 Å². The van der Waals surface area contributed by atoms with Crippen LogP contribution >= 0.6 is 22.6 Å². The van der Waals surface area contributed by atoms with E-state index in [0.29, 0.717) is 4.05 Å². The van der Waals surface area contributed by atoms with Crippen LogP contribution in [0.25, 0.3) is 0 Å². The molecule has 0 aromatic carbocycles. The topological polar surface area (TPSA) is 12.0 Å². The Morgan fingerprint density at radius 1 is 1.27 bits per heavy atom. The Balaban J connectivity index is 2.21. The Kier molecular flexibility index (Phi) is 7.23. The molecule has 0 amide bonds. The molecule has 1 aliphatic rings. The van der Waals surface area contributed by atoms with E-state index in [1.165, 1.54) is 51.5 Å². The van der Waals surface area contributed by atoms with Gasteiger partial charge in [-0.05, 0) is 24.8 Å². The van der Waals surface area contributed by atoms with Gasteiger partial charge in [0.25, 0.3) is 0 Å². The third-order valence-electron chi connectivity index (χ3n) is 3.72. The largest absolute Gasteiger partial charge is 0.305 e. The molecule has 1 aliphatic carbocycles. The van der Waals surface area contributed by atoms with E-state index in [2.05, 4.69) is 41.8 Å². The first-order valence-electron chi connectivity index (χ1n) is 6.63. The van der Waals surface area contributed by atoms with E-state index in [9.17, 15) is 0 Å². The van der Waals surface area contributed by atoms with Crippen molar-refractivity contribution in [3.63, 3.8) is 0 Å². The molecular weight excluding hydrogens is 297 g/mol. The van der Waals surface area contributed by atoms with Crippen LogP contribution in [0.15, 0.2) is 0 Å². The second-order valence-corrected chi connectivity index (χ2v) is 6.31. The standard InChI is InChI=1S/C13H26IN/c1-3-4-10-15-13(14)11(2)12-8-6-5-7-9-12/h11-13,15H,3-10H2,1-2H3. The van der Waals surface area contributed by atoms with Crippen LogP contribution in [-0.4, -0.2) is 10.6 Å². The van der Waals surface area contributed by atoms with Gasteiger partial charge in [-0.3, -0.25) is 0 Å². The average Bonchev–Trinajstić information content (AvgIpc) is 2.29. The van der Waals surface area contributed by atoms with Crippen LogP contribution < -0.4 is 5.32 Å². The smallest absolute Gasteiger partial charge is 0.0622 e. The molecule has 2 unspecified atom stereocenters. The summed E-state index contributed by atoms with van der Waals surface area (Å²) in [5, 5.41) is 3.67. The van der Waals surface area contributed by atoms with Crippen molar-refractivity contribution >= 4 is 22.6 Å². The van der Waals surface area contributed by atoms with Gasteiger partial charge in [0.15, 0.2) is 0 Å². The lowest BCUT2D eigenvalue weighted by atomic mass is 9.81. The molecule has 1 rings (SSSR count). The fourth-order valence-corrected chi connectivity index (χ4v) is 3.40. The molecule has 0 radical (unpaired) electrons. The highest BCUT2D eigenvalue weighted by atomic mass is 127. The lowest BCUT2D eigenvalue weighted by Gasteiger charge is -2.31. The summed E-state index contributed by atoms with van der Waals surface area (Å²) in [6, 6.07) is 0. The minimum Gasteiger partial charge on any atom is -0.305 e. The Hall–Kier alpha value is 0.690. The highest BCUT2D eigenvalue weighted by molar-refractivity contribution is 14.1. The summed E-state index contributed by atoms with van der Waals surface area (Å²) in [7, 11) is 0. The summed E-state index contributed by atoms with van der Waals surface area (Å²) in [6.45, 7) is 5.89.